The van der Waals surface area contributed by atoms with Gasteiger partial charge in [-0.25, -0.2) is 19.6 Å². The van der Waals surface area contributed by atoms with Crippen LogP contribution in [-0.4, -0.2) is 76.1 Å². The highest BCUT2D eigenvalue weighted by Gasteiger charge is 2.33. The Morgan fingerprint density at radius 1 is 0.957 bits per heavy atom. The number of carboxylic acid groups (broad SMARTS) is 1. The number of hydrogen-bond acceptors (Lipinski definition) is 7. The van der Waals surface area contributed by atoms with Gasteiger partial charge in [0, 0.05) is 50.9 Å². The summed E-state index contributed by atoms with van der Waals surface area (Å²) in [5.41, 5.74) is 3.71. The van der Waals surface area contributed by atoms with Crippen LogP contribution in [0.4, 0.5) is 26.5 Å². The molecule has 3 amide bonds. The third-order valence-electron chi connectivity index (χ3n) is 9.60. The molecule has 3 aliphatic heterocycles. The quantitative estimate of drug-likeness (QED) is 0.325. The van der Waals surface area contributed by atoms with E-state index < -0.39 is 23.7 Å². The smallest absolute Gasteiger partial charge is 0.326 e. The molecule has 3 aliphatic rings. The maximum Gasteiger partial charge on any atom is 0.326 e. The molecule has 2 aromatic carbocycles. The molecular weight excluding hydrogens is 601 g/mol. The molecule has 0 radical (unpaired) electrons. The lowest BCUT2D eigenvalue weighted by Gasteiger charge is -2.36. The van der Waals surface area contributed by atoms with Crippen LogP contribution in [0.25, 0.3) is 0 Å². The number of nitrogens with one attached hydrogen (secondary N) is 2. The molecule has 3 aromatic rings. The lowest BCUT2D eigenvalue weighted by atomic mass is 9.96. The van der Waals surface area contributed by atoms with Gasteiger partial charge in [0.05, 0.1) is 5.92 Å². The fraction of sp³-hybridized carbons (Fsp3) is 0.457. The summed E-state index contributed by atoms with van der Waals surface area (Å²) in [6.07, 6.45) is 6.53. The first-order valence-electron chi connectivity index (χ1n) is 16.5. The highest BCUT2D eigenvalue weighted by Crippen LogP contribution is 2.31. The van der Waals surface area contributed by atoms with Crippen molar-refractivity contribution in [3.63, 3.8) is 0 Å². The third-order valence-corrected chi connectivity index (χ3v) is 9.60. The van der Waals surface area contributed by atoms with E-state index >= 15 is 4.39 Å². The fourth-order valence-corrected chi connectivity index (χ4v) is 6.89. The summed E-state index contributed by atoms with van der Waals surface area (Å²) in [4.78, 5) is 52.4. The Hall–Kier alpha value is -4.74. The highest BCUT2D eigenvalue weighted by molar-refractivity contribution is 5.89. The number of rotatable bonds is 8. The second-order valence-corrected chi connectivity index (χ2v) is 12.8. The van der Waals surface area contributed by atoms with Gasteiger partial charge in [0.15, 0.2) is 11.6 Å². The maximum absolute atomic E-state index is 15.7. The van der Waals surface area contributed by atoms with Crippen LogP contribution in [0, 0.1) is 11.7 Å². The fourth-order valence-electron chi connectivity index (χ4n) is 6.89. The van der Waals surface area contributed by atoms with Crippen molar-refractivity contribution in [1.29, 1.82) is 0 Å². The third kappa shape index (κ3) is 7.47. The molecule has 2 unspecified atom stereocenters. The molecule has 11 nitrogen and oxygen atoms in total. The summed E-state index contributed by atoms with van der Waals surface area (Å²) in [5.74, 6) is -2.05. The molecule has 47 heavy (non-hydrogen) atoms. The maximum atomic E-state index is 15.7. The molecule has 3 N–H and O–H groups in total. The number of carbonyl (C=O) groups excluding carboxylic acids is 2. The van der Waals surface area contributed by atoms with Gasteiger partial charge in [0.25, 0.3) is 0 Å². The number of halogens is 1. The normalized spacial score (nSPS) is 20.3. The number of urea groups is 1. The largest absolute Gasteiger partial charge is 0.480 e. The average molecular weight is 644 g/mol. The standard InChI is InChI=1S/C35H42FN7O4/c1-23-7-4-5-17-43(23)32-30(36)31(37-22-38-32)41-16-6-10-27(21-41)33(44)40-29(34(45)46)19-24-11-13-28(14-12-24)39-35(47)42-18-15-25-8-2-3-9-26(25)20-42/h2-3,8-9,11-14,22-23,27,29H,4-7,10,15-21H2,1H3,(H,39,47)(H,40,44)(H,45,46)/t23?,27?,29-/m0/s1. The lowest BCUT2D eigenvalue weighted by molar-refractivity contribution is -0.142. The number of carboxylic acids is 1. The van der Waals surface area contributed by atoms with Crippen LogP contribution >= 0.6 is 0 Å². The monoisotopic (exact) mass is 643 g/mol. The van der Waals surface area contributed by atoms with Crippen LogP contribution in [0.1, 0.15) is 55.7 Å². The molecule has 248 valence electrons. The number of carbonyl (C=O) groups is 3. The predicted octanol–water partition coefficient (Wildman–Crippen LogP) is 4.61. The molecule has 0 saturated carbocycles. The molecule has 4 heterocycles. The first kappa shape index (κ1) is 32.2. The zero-order valence-corrected chi connectivity index (χ0v) is 26.7. The van der Waals surface area contributed by atoms with Gasteiger partial charge in [0.2, 0.25) is 11.7 Å². The minimum atomic E-state index is -1.14. The number of amides is 3. The van der Waals surface area contributed by atoms with Crippen molar-refractivity contribution in [2.75, 3.05) is 41.3 Å². The second kappa shape index (κ2) is 14.4. The Balaban J connectivity index is 1.04. The number of benzene rings is 2. The molecule has 2 fully saturated rings. The predicted molar refractivity (Wildman–Crippen MR) is 177 cm³/mol. The minimum Gasteiger partial charge on any atom is -0.480 e. The van der Waals surface area contributed by atoms with Gasteiger partial charge in [-0.3, -0.25) is 4.79 Å². The van der Waals surface area contributed by atoms with E-state index in [1.165, 1.54) is 11.9 Å². The van der Waals surface area contributed by atoms with Crippen molar-refractivity contribution in [2.24, 2.45) is 5.92 Å². The van der Waals surface area contributed by atoms with E-state index in [4.69, 9.17) is 0 Å². The summed E-state index contributed by atoms with van der Waals surface area (Å²) in [6, 6.07) is 13.9. The molecule has 0 bridgehead atoms. The van der Waals surface area contributed by atoms with E-state index in [2.05, 4.69) is 33.6 Å². The summed E-state index contributed by atoms with van der Waals surface area (Å²) in [5, 5.41) is 15.6. The minimum absolute atomic E-state index is 0.0760. The van der Waals surface area contributed by atoms with Crippen molar-refractivity contribution in [1.82, 2.24) is 20.2 Å². The van der Waals surface area contributed by atoms with Gasteiger partial charge >= 0.3 is 12.0 Å². The van der Waals surface area contributed by atoms with Crippen molar-refractivity contribution in [3.8, 4) is 0 Å². The van der Waals surface area contributed by atoms with Crippen LogP contribution in [-0.2, 0) is 29.0 Å². The first-order valence-corrected chi connectivity index (χ1v) is 16.5. The molecular formula is C35H42FN7O4. The first-order chi connectivity index (χ1) is 22.8. The molecule has 2 saturated heterocycles. The van der Waals surface area contributed by atoms with Crippen molar-refractivity contribution >= 4 is 35.2 Å². The molecule has 12 heteroatoms. The molecule has 6 rings (SSSR count). The number of piperidine rings is 2. The van der Waals surface area contributed by atoms with Gasteiger partial charge < -0.3 is 30.4 Å². The van der Waals surface area contributed by atoms with Crippen LogP contribution in [0.15, 0.2) is 54.9 Å². The summed E-state index contributed by atoms with van der Waals surface area (Å²) in [6.45, 7) is 4.77. The van der Waals surface area contributed by atoms with Crippen LogP contribution in [0.3, 0.4) is 0 Å². The van der Waals surface area contributed by atoms with Gasteiger partial charge in [0.1, 0.15) is 12.4 Å². The number of anilines is 3. The van der Waals surface area contributed by atoms with Crippen molar-refractivity contribution in [3.05, 3.63) is 77.4 Å². The number of nitrogens with zero attached hydrogens (tertiary/aromatic N) is 5. The van der Waals surface area contributed by atoms with E-state index in [-0.39, 0.29) is 36.8 Å². The Kier molecular flexibility index (Phi) is 9.84. The number of fused-ring (bicyclic) bond motifs is 1. The highest BCUT2D eigenvalue weighted by atomic mass is 19.1. The average Bonchev–Trinajstić information content (AvgIpc) is 3.09. The van der Waals surface area contributed by atoms with E-state index in [0.717, 1.165) is 37.8 Å². The van der Waals surface area contributed by atoms with E-state index in [9.17, 15) is 19.5 Å². The van der Waals surface area contributed by atoms with Crippen molar-refractivity contribution in [2.45, 2.75) is 70.5 Å². The molecule has 3 atom stereocenters. The van der Waals surface area contributed by atoms with E-state index in [1.54, 1.807) is 34.1 Å². The van der Waals surface area contributed by atoms with E-state index in [1.807, 2.05) is 23.1 Å². The Morgan fingerprint density at radius 2 is 1.72 bits per heavy atom. The number of hydrogen-bond donors (Lipinski definition) is 3. The number of aliphatic carboxylic acids is 1. The molecule has 1 aromatic heterocycles. The SMILES string of the molecule is CC1CCCCN1c1ncnc(N2CCCC(C(=O)N[C@@H](Cc3ccc(NC(=O)N4CCc5ccccc5C4)cc3)C(=O)O)C2)c1F. The Morgan fingerprint density at radius 3 is 2.49 bits per heavy atom. The number of aromatic nitrogens is 2. The topological polar surface area (TPSA) is 131 Å². The van der Waals surface area contributed by atoms with Gasteiger partial charge in [-0.1, -0.05) is 36.4 Å². The van der Waals surface area contributed by atoms with Gasteiger partial charge in [-0.2, -0.15) is 4.39 Å². The molecule has 0 spiro atoms. The summed E-state index contributed by atoms with van der Waals surface area (Å²) < 4.78 is 15.7. The molecule has 0 aliphatic carbocycles. The Labute approximate surface area is 274 Å². The van der Waals surface area contributed by atoms with Crippen LogP contribution in [0.2, 0.25) is 0 Å². The summed E-state index contributed by atoms with van der Waals surface area (Å²) in [7, 11) is 0. The Bertz CT molecular complexity index is 1600. The lowest BCUT2D eigenvalue weighted by Crippen LogP contribution is -2.49. The van der Waals surface area contributed by atoms with Gasteiger partial charge in [-0.05, 0) is 74.3 Å². The zero-order valence-electron chi connectivity index (χ0n) is 26.7. The van der Waals surface area contributed by atoms with Gasteiger partial charge in [-0.15, -0.1) is 0 Å². The summed E-state index contributed by atoms with van der Waals surface area (Å²) >= 11 is 0. The second-order valence-electron chi connectivity index (χ2n) is 12.8. The van der Waals surface area contributed by atoms with Crippen LogP contribution in [0.5, 0.6) is 0 Å². The zero-order chi connectivity index (χ0) is 32.9. The van der Waals surface area contributed by atoms with Crippen LogP contribution < -0.4 is 20.4 Å². The van der Waals surface area contributed by atoms with Crippen molar-refractivity contribution < 1.29 is 23.9 Å². The van der Waals surface area contributed by atoms with E-state index in [0.29, 0.717) is 49.5 Å².